The Kier molecular flexibility index (Phi) is 6.42. The summed E-state index contributed by atoms with van der Waals surface area (Å²) in [6.45, 7) is 3.69. The first kappa shape index (κ1) is 17.9. The number of amides is 2. The summed E-state index contributed by atoms with van der Waals surface area (Å²) < 4.78 is 5.48. The number of hydrogen-bond donors (Lipinski definition) is 2. The van der Waals surface area contributed by atoms with Crippen molar-refractivity contribution in [1.82, 2.24) is 10.3 Å². The predicted molar refractivity (Wildman–Crippen MR) is 101 cm³/mol. The van der Waals surface area contributed by atoms with Gasteiger partial charge in [-0.15, -0.1) is 11.3 Å². The summed E-state index contributed by atoms with van der Waals surface area (Å²) >= 11 is 1.61. The maximum atomic E-state index is 12.2. The molecule has 3 rings (SSSR count). The molecule has 6 heteroatoms. The number of hydrogen-bond acceptors (Lipinski definition) is 4. The van der Waals surface area contributed by atoms with Crippen molar-refractivity contribution >= 4 is 22.5 Å². The molecule has 134 valence electrons. The quantitative estimate of drug-likeness (QED) is 0.757. The van der Waals surface area contributed by atoms with Gasteiger partial charge in [-0.3, -0.25) is 5.32 Å². The third kappa shape index (κ3) is 5.03. The van der Waals surface area contributed by atoms with Gasteiger partial charge >= 0.3 is 6.03 Å². The van der Waals surface area contributed by atoms with Gasteiger partial charge in [-0.05, 0) is 43.7 Å². The van der Waals surface area contributed by atoms with Gasteiger partial charge in [0.25, 0.3) is 0 Å². The summed E-state index contributed by atoms with van der Waals surface area (Å²) in [5.74, 6) is 0. The fourth-order valence-corrected chi connectivity index (χ4v) is 4.03. The van der Waals surface area contributed by atoms with Crippen LogP contribution in [0.3, 0.4) is 0 Å². The van der Waals surface area contributed by atoms with Crippen molar-refractivity contribution < 1.29 is 9.53 Å². The van der Waals surface area contributed by atoms with E-state index < -0.39 is 0 Å². The standard InChI is InChI=1S/C19H25N3O2S/c1-2-24-13-15-9-7-6-8-14(15)12-20-18(23)22-19-21-16-10-4-3-5-11-17(16)25-19/h6-9H,2-5,10-13H2,1H3,(H2,20,21,22,23). The molecule has 1 aromatic carbocycles. The number of thiazole rings is 1. The number of urea groups is 1. The number of aryl methyl sites for hydroxylation is 2. The van der Waals surface area contributed by atoms with Gasteiger partial charge in [-0.1, -0.05) is 30.7 Å². The molecule has 0 saturated heterocycles. The van der Waals surface area contributed by atoms with Crippen LogP contribution in [0.15, 0.2) is 24.3 Å². The number of benzene rings is 1. The van der Waals surface area contributed by atoms with Crippen molar-refractivity contribution in [1.29, 1.82) is 0 Å². The Morgan fingerprint density at radius 2 is 2.00 bits per heavy atom. The van der Waals surface area contributed by atoms with E-state index >= 15 is 0 Å². The summed E-state index contributed by atoms with van der Waals surface area (Å²) in [6, 6.07) is 7.79. The number of fused-ring (bicyclic) bond motifs is 1. The average molecular weight is 359 g/mol. The molecule has 0 aliphatic heterocycles. The molecule has 2 amide bonds. The summed E-state index contributed by atoms with van der Waals surface area (Å²) in [4.78, 5) is 18.1. The summed E-state index contributed by atoms with van der Waals surface area (Å²) in [5, 5.41) is 6.50. The predicted octanol–water partition coefficient (Wildman–Crippen LogP) is 4.27. The van der Waals surface area contributed by atoms with Crippen molar-refractivity contribution in [2.45, 2.75) is 52.2 Å². The lowest BCUT2D eigenvalue weighted by molar-refractivity contribution is 0.133. The van der Waals surface area contributed by atoms with Gasteiger partial charge in [0, 0.05) is 18.0 Å². The summed E-state index contributed by atoms with van der Waals surface area (Å²) in [6.07, 6.45) is 5.80. The number of anilines is 1. The Morgan fingerprint density at radius 1 is 1.20 bits per heavy atom. The smallest absolute Gasteiger partial charge is 0.321 e. The summed E-state index contributed by atoms with van der Waals surface area (Å²) in [7, 11) is 0. The molecule has 25 heavy (non-hydrogen) atoms. The zero-order valence-electron chi connectivity index (χ0n) is 14.6. The number of nitrogens with zero attached hydrogens (tertiary/aromatic N) is 1. The van der Waals surface area contributed by atoms with Crippen molar-refractivity contribution in [3.8, 4) is 0 Å². The topological polar surface area (TPSA) is 63.2 Å². The molecule has 1 aliphatic carbocycles. The Balaban J connectivity index is 1.55. The van der Waals surface area contributed by atoms with Crippen LogP contribution in [0.1, 0.15) is 47.9 Å². The molecule has 2 N–H and O–H groups in total. The second-order valence-electron chi connectivity index (χ2n) is 6.16. The second kappa shape index (κ2) is 8.97. The van der Waals surface area contributed by atoms with Crippen molar-refractivity contribution in [3.63, 3.8) is 0 Å². The first-order valence-electron chi connectivity index (χ1n) is 8.94. The van der Waals surface area contributed by atoms with Crippen LogP contribution < -0.4 is 10.6 Å². The molecule has 1 heterocycles. The first-order valence-corrected chi connectivity index (χ1v) is 9.76. The molecule has 0 saturated carbocycles. The lowest BCUT2D eigenvalue weighted by Crippen LogP contribution is -2.28. The molecule has 5 nitrogen and oxygen atoms in total. The highest BCUT2D eigenvalue weighted by Crippen LogP contribution is 2.28. The minimum atomic E-state index is -0.213. The Hall–Kier alpha value is -1.92. The molecular weight excluding hydrogens is 334 g/mol. The van der Waals surface area contributed by atoms with Gasteiger partial charge in [0.2, 0.25) is 0 Å². The minimum absolute atomic E-state index is 0.213. The number of nitrogens with one attached hydrogen (secondary N) is 2. The van der Waals surface area contributed by atoms with Crippen LogP contribution in [0.2, 0.25) is 0 Å². The molecule has 0 atom stereocenters. The molecule has 0 fully saturated rings. The van der Waals surface area contributed by atoms with Crippen LogP contribution in [0.25, 0.3) is 0 Å². The summed E-state index contributed by atoms with van der Waals surface area (Å²) in [5.41, 5.74) is 3.34. The molecule has 0 unspecified atom stereocenters. The van der Waals surface area contributed by atoms with E-state index in [1.165, 1.54) is 29.8 Å². The van der Waals surface area contributed by atoms with Crippen molar-refractivity contribution in [2.24, 2.45) is 0 Å². The lowest BCUT2D eigenvalue weighted by atomic mass is 10.1. The third-order valence-corrected chi connectivity index (χ3v) is 5.41. The van der Waals surface area contributed by atoms with E-state index in [1.807, 2.05) is 31.2 Å². The van der Waals surface area contributed by atoms with Crippen LogP contribution in [0.5, 0.6) is 0 Å². The van der Waals surface area contributed by atoms with Gasteiger partial charge in [0.15, 0.2) is 5.13 Å². The van der Waals surface area contributed by atoms with Gasteiger partial charge in [-0.2, -0.15) is 0 Å². The molecule has 1 aromatic heterocycles. The van der Waals surface area contributed by atoms with E-state index in [1.54, 1.807) is 11.3 Å². The second-order valence-corrected chi connectivity index (χ2v) is 7.25. The van der Waals surface area contributed by atoms with Crippen molar-refractivity contribution in [3.05, 3.63) is 46.0 Å². The highest BCUT2D eigenvalue weighted by Gasteiger charge is 2.15. The van der Waals surface area contributed by atoms with Crippen LogP contribution in [0.4, 0.5) is 9.93 Å². The Bertz CT molecular complexity index is 691. The Morgan fingerprint density at radius 3 is 2.84 bits per heavy atom. The SMILES string of the molecule is CCOCc1ccccc1CNC(=O)Nc1nc2c(s1)CCCCC2. The van der Waals surface area contributed by atoms with Crippen molar-refractivity contribution in [2.75, 3.05) is 11.9 Å². The normalized spacial score (nSPS) is 13.8. The van der Waals surface area contributed by atoms with Gasteiger partial charge in [0.05, 0.1) is 12.3 Å². The van der Waals surface area contributed by atoms with Gasteiger partial charge in [-0.25, -0.2) is 9.78 Å². The number of ether oxygens (including phenoxy) is 1. The molecule has 0 radical (unpaired) electrons. The van der Waals surface area contributed by atoms with E-state index in [-0.39, 0.29) is 6.03 Å². The number of aromatic nitrogens is 1. The van der Waals surface area contributed by atoms with E-state index in [0.29, 0.717) is 24.9 Å². The number of carbonyl (C=O) groups excluding carboxylic acids is 1. The van der Waals surface area contributed by atoms with Crippen LogP contribution >= 0.6 is 11.3 Å². The van der Waals surface area contributed by atoms with E-state index in [4.69, 9.17) is 4.74 Å². The highest BCUT2D eigenvalue weighted by molar-refractivity contribution is 7.15. The van der Waals surface area contributed by atoms with Gasteiger partial charge < -0.3 is 10.1 Å². The fraction of sp³-hybridized carbons (Fsp3) is 0.474. The molecule has 0 spiro atoms. The van der Waals surface area contributed by atoms with E-state index in [2.05, 4.69) is 15.6 Å². The van der Waals surface area contributed by atoms with E-state index in [9.17, 15) is 4.79 Å². The Labute approximate surface area is 152 Å². The van der Waals surface area contributed by atoms with Crippen LogP contribution in [-0.4, -0.2) is 17.6 Å². The fourth-order valence-electron chi connectivity index (χ4n) is 2.98. The maximum Gasteiger partial charge on any atom is 0.321 e. The van der Waals surface area contributed by atoms with Crippen LogP contribution in [0, 0.1) is 0 Å². The number of carbonyl (C=O) groups is 1. The third-order valence-electron chi connectivity index (χ3n) is 4.34. The molecular formula is C19H25N3O2S. The zero-order chi connectivity index (χ0) is 17.5. The van der Waals surface area contributed by atoms with Gasteiger partial charge in [0.1, 0.15) is 0 Å². The largest absolute Gasteiger partial charge is 0.377 e. The first-order chi connectivity index (χ1) is 12.3. The number of rotatable bonds is 6. The van der Waals surface area contributed by atoms with E-state index in [0.717, 1.165) is 24.0 Å². The zero-order valence-corrected chi connectivity index (χ0v) is 15.5. The lowest BCUT2D eigenvalue weighted by Gasteiger charge is -2.10. The average Bonchev–Trinajstić information content (AvgIpc) is 2.87. The molecule has 0 bridgehead atoms. The van der Waals surface area contributed by atoms with Crippen LogP contribution in [-0.2, 0) is 30.7 Å². The molecule has 2 aromatic rings. The molecule has 1 aliphatic rings. The maximum absolute atomic E-state index is 12.2. The highest BCUT2D eigenvalue weighted by atomic mass is 32.1. The monoisotopic (exact) mass is 359 g/mol. The minimum Gasteiger partial charge on any atom is -0.377 e.